The van der Waals surface area contributed by atoms with Crippen molar-refractivity contribution in [1.29, 1.82) is 0 Å². The second kappa shape index (κ2) is 6.00. The maximum atomic E-state index is 11.6. The Morgan fingerprint density at radius 1 is 1.35 bits per heavy atom. The molecule has 0 bridgehead atoms. The predicted molar refractivity (Wildman–Crippen MR) is 64.3 cm³/mol. The summed E-state index contributed by atoms with van der Waals surface area (Å²) in [4.78, 5) is 10.2. The SMILES string of the molecule is O=C(O)CCNS(=O)(=O)Cc1ccccc1Cl. The predicted octanol–water partition coefficient (Wildman–Crippen LogP) is 1.23. The highest BCUT2D eigenvalue weighted by Gasteiger charge is 2.13. The van der Waals surface area contributed by atoms with E-state index in [2.05, 4.69) is 4.72 Å². The van der Waals surface area contributed by atoms with Gasteiger partial charge in [0.15, 0.2) is 0 Å². The minimum absolute atomic E-state index is 0.123. The van der Waals surface area contributed by atoms with Crippen LogP contribution in [0.3, 0.4) is 0 Å². The van der Waals surface area contributed by atoms with Gasteiger partial charge in [-0.2, -0.15) is 0 Å². The highest BCUT2D eigenvalue weighted by atomic mass is 35.5. The first-order valence-corrected chi connectivity index (χ1v) is 6.86. The van der Waals surface area contributed by atoms with Crippen molar-refractivity contribution < 1.29 is 18.3 Å². The zero-order valence-corrected chi connectivity index (χ0v) is 10.5. The van der Waals surface area contributed by atoms with Crippen molar-refractivity contribution in [2.75, 3.05) is 6.54 Å². The molecule has 0 radical (unpaired) electrons. The van der Waals surface area contributed by atoms with Crippen molar-refractivity contribution in [3.8, 4) is 0 Å². The zero-order valence-electron chi connectivity index (χ0n) is 8.89. The Morgan fingerprint density at radius 3 is 2.59 bits per heavy atom. The maximum absolute atomic E-state index is 11.6. The fraction of sp³-hybridized carbons (Fsp3) is 0.300. The molecule has 1 aromatic carbocycles. The molecule has 0 fully saturated rings. The summed E-state index contributed by atoms with van der Waals surface area (Å²) in [6.07, 6.45) is -0.248. The minimum atomic E-state index is -3.55. The number of rotatable bonds is 6. The van der Waals surface area contributed by atoms with Gasteiger partial charge in [-0.3, -0.25) is 4.79 Å². The number of carboxylic acid groups (broad SMARTS) is 1. The first kappa shape index (κ1) is 14.0. The van der Waals surface area contributed by atoms with Crippen molar-refractivity contribution in [2.45, 2.75) is 12.2 Å². The van der Waals surface area contributed by atoms with Gasteiger partial charge in [0.2, 0.25) is 10.0 Å². The molecule has 1 aromatic rings. The Balaban J connectivity index is 2.61. The molecule has 0 aliphatic heterocycles. The lowest BCUT2D eigenvalue weighted by Crippen LogP contribution is -2.27. The van der Waals surface area contributed by atoms with Gasteiger partial charge < -0.3 is 5.11 Å². The van der Waals surface area contributed by atoms with Crippen LogP contribution in [0.15, 0.2) is 24.3 Å². The molecule has 0 amide bonds. The third-order valence-electron chi connectivity index (χ3n) is 1.96. The van der Waals surface area contributed by atoms with Crippen molar-refractivity contribution in [1.82, 2.24) is 4.72 Å². The van der Waals surface area contributed by atoms with Gasteiger partial charge in [0, 0.05) is 11.6 Å². The van der Waals surface area contributed by atoms with Crippen LogP contribution >= 0.6 is 11.6 Å². The van der Waals surface area contributed by atoms with E-state index in [1.54, 1.807) is 24.3 Å². The summed E-state index contributed by atoms with van der Waals surface area (Å²) in [5.41, 5.74) is 0.483. The van der Waals surface area contributed by atoms with Crippen LogP contribution in [-0.4, -0.2) is 26.0 Å². The molecular weight excluding hydrogens is 266 g/mol. The quantitative estimate of drug-likeness (QED) is 0.819. The summed E-state index contributed by atoms with van der Waals surface area (Å²) in [7, 11) is -3.55. The average Bonchev–Trinajstić information content (AvgIpc) is 2.20. The summed E-state index contributed by atoms with van der Waals surface area (Å²) < 4.78 is 25.3. The van der Waals surface area contributed by atoms with Crippen LogP contribution < -0.4 is 4.72 Å². The molecule has 0 unspecified atom stereocenters. The molecule has 0 spiro atoms. The number of aliphatic carboxylic acids is 1. The maximum Gasteiger partial charge on any atom is 0.304 e. The van der Waals surface area contributed by atoms with Gasteiger partial charge in [-0.05, 0) is 11.6 Å². The van der Waals surface area contributed by atoms with Crippen LogP contribution in [-0.2, 0) is 20.6 Å². The highest BCUT2D eigenvalue weighted by Crippen LogP contribution is 2.16. The molecule has 17 heavy (non-hydrogen) atoms. The molecule has 0 aliphatic carbocycles. The van der Waals surface area contributed by atoms with E-state index in [1.165, 1.54) is 0 Å². The molecule has 5 nitrogen and oxygen atoms in total. The average molecular weight is 278 g/mol. The Bertz CT molecular complexity index is 501. The molecule has 0 aliphatic rings. The van der Waals surface area contributed by atoms with Crippen LogP contribution in [0.4, 0.5) is 0 Å². The molecule has 94 valence electrons. The van der Waals surface area contributed by atoms with E-state index in [1.807, 2.05) is 0 Å². The van der Waals surface area contributed by atoms with Gasteiger partial charge in [0.05, 0.1) is 12.2 Å². The molecule has 0 atom stereocenters. The summed E-state index contributed by atoms with van der Waals surface area (Å²) in [6, 6.07) is 6.60. The minimum Gasteiger partial charge on any atom is -0.481 e. The van der Waals surface area contributed by atoms with Crippen LogP contribution in [0.25, 0.3) is 0 Å². The van der Waals surface area contributed by atoms with Crippen LogP contribution in [0, 0.1) is 0 Å². The number of carboxylic acids is 1. The molecular formula is C10H12ClNO4S. The largest absolute Gasteiger partial charge is 0.481 e. The first-order valence-electron chi connectivity index (χ1n) is 4.83. The summed E-state index contributed by atoms with van der Waals surface area (Å²) >= 11 is 5.83. The van der Waals surface area contributed by atoms with E-state index < -0.39 is 16.0 Å². The topological polar surface area (TPSA) is 83.5 Å². The lowest BCUT2D eigenvalue weighted by molar-refractivity contribution is -0.136. The number of hydrogen-bond donors (Lipinski definition) is 2. The van der Waals surface area contributed by atoms with Crippen LogP contribution in [0.1, 0.15) is 12.0 Å². The number of nitrogens with one attached hydrogen (secondary N) is 1. The van der Waals surface area contributed by atoms with Gasteiger partial charge in [0.1, 0.15) is 0 Å². The van der Waals surface area contributed by atoms with E-state index in [0.29, 0.717) is 10.6 Å². The molecule has 2 N–H and O–H groups in total. The van der Waals surface area contributed by atoms with E-state index in [-0.39, 0.29) is 18.7 Å². The van der Waals surface area contributed by atoms with Crippen molar-refractivity contribution in [3.63, 3.8) is 0 Å². The molecule has 0 saturated heterocycles. The van der Waals surface area contributed by atoms with Crippen molar-refractivity contribution >= 4 is 27.6 Å². The third kappa shape index (κ3) is 5.16. The third-order valence-corrected chi connectivity index (χ3v) is 3.67. The molecule has 7 heteroatoms. The van der Waals surface area contributed by atoms with Crippen molar-refractivity contribution in [3.05, 3.63) is 34.9 Å². The fourth-order valence-corrected chi connectivity index (χ4v) is 2.64. The molecule has 0 heterocycles. The lowest BCUT2D eigenvalue weighted by atomic mass is 10.2. The van der Waals surface area contributed by atoms with Crippen LogP contribution in [0.2, 0.25) is 5.02 Å². The normalized spacial score (nSPS) is 11.4. The highest BCUT2D eigenvalue weighted by molar-refractivity contribution is 7.88. The Hall–Kier alpha value is -1.11. The number of hydrogen-bond acceptors (Lipinski definition) is 3. The number of halogens is 1. The van der Waals surface area contributed by atoms with Gasteiger partial charge in [0.25, 0.3) is 0 Å². The number of benzene rings is 1. The first-order chi connectivity index (χ1) is 7.91. The number of carbonyl (C=O) groups is 1. The van der Waals surface area contributed by atoms with E-state index in [0.717, 1.165) is 0 Å². The van der Waals surface area contributed by atoms with Gasteiger partial charge in [-0.1, -0.05) is 29.8 Å². The summed E-state index contributed by atoms with van der Waals surface area (Å²) in [6.45, 7) is -0.123. The molecule has 1 rings (SSSR count). The van der Waals surface area contributed by atoms with Gasteiger partial charge >= 0.3 is 5.97 Å². The zero-order chi connectivity index (χ0) is 12.9. The van der Waals surface area contributed by atoms with E-state index in [9.17, 15) is 13.2 Å². The number of sulfonamides is 1. The molecule has 0 saturated carbocycles. The summed E-state index contributed by atoms with van der Waals surface area (Å²) in [5.74, 6) is -1.31. The monoisotopic (exact) mass is 277 g/mol. The summed E-state index contributed by atoms with van der Waals surface area (Å²) in [5, 5.41) is 8.76. The smallest absolute Gasteiger partial charge is 0.304 e. The second-order valence-corrected chi connectivity index (χ2v) is 5.60. The fourth-order valence-electron chi connectivity index (χ4n) is 1.18. The molecule has 0 aromatic heterocycles. The van der Waals surface area contributed by atoms with Gasteiger partial charge in [-0.15, -0.1) is 0 Å². The van der Waals surface area contributed by atoms with Crippen molar-refractivity contribution in [2.24, 2.45) is 0 Å². The second-order valence-electron chi connectivity index (χ2n) is 3.39. The van der Waals surface area contributed by atoms with E-state index >= 15 is 0 Å². The lowest BCUT2D eigenvalue weighted by Gasteiger charge is -2.06. The standard InChI is InChI=1S/C10H12ClNO4S/c11-9-4-2-1-3-8(9)7-17(15,16)12-6-5-10(13)14/h1-4,12H,5-7H2,(H,13,14). The van der Waals surface area contributed by atoms with E-state index in [4.69, 9.17) is 16.7 Å². The van der Waals surface area contributed by atoms with Gasteiger partial charge in [-0.25, -0.2) is 13.1 Å². The Morgan fingerprint density at radius 2 is 2.00 bits per heavy atom. The Kier molecular flexibility index (Phi) is 4.92. The Labute approximate surface area is 104 Å². The van der Waals surface area contributed by atoms with Crippen LogP contribution in [0.5, 0.6) is 0 Å².